The van der Waals surface area contributed by atoms with Crippen molar-refractivity contribution in [2.24, 2.45) is 0 Å². The molecule has 4 heteroatoms. The van der Waals surface area contributed by atoms with Crippen molar-refractivity contribution < 1.29 is 9.53 Å². The second-order valence-corrected chi connectivity index (χ2v) is 3.52. The molecule has 0 radical (unpaired) electrons. The van der Waals surface area contributed by atoms with Gasteiger partial charge < -0.3 is 9.72 Å². The summed E-state index contributed by atoms with van der Waals surface area (Å²) in [5.74, 6) is -0.150. The number of carbonyl (C=O) groups is 1. The number of hydrogen-bond acceptors (Lipinski definition) is 3. The Kier molecular flexibility index (Phi) is 3.19. The van der Waals surface area contributed by atoms with Gasteiger partial charge in [0.15, 0.2) is 0 Å². The van der Waals surface area contributed by atoms with Crippen LogP contribution in [0.15, 0.2) is 24.5 Å². The summed E-state index contributed by atoms with van der Waals surface area (Å²) in [6, 6.07) is 3.91. The molecule has 0 unspecified atom stereocenters. The fraction of sp³-hybridized carbons (Fsp3) is 0.333. The monoisotopic (exact) mass is 218 g/mol. The summed E-state index contributed by atoms with van der Waals surface area (Å²) < 4.78 is 4.89. The maximum Gasteiger partial charge on any atom is 0.306 e. The molecule has 0 amide bonds. The van der Waals surface area contributed by atoms with E-state index in [-0.39, 0.29) is 5.97 Å². The van der Waals surface area contributed by atoms with E-state index in [4.69, 9.17) is 4.74 Å². The molecule has 0 aliphatic carbocycles. The van der Waals surface area contributed by atoms with E-state index >= 15 is 0 Å². The summed E-state index contributed by atoms with van der Waals surface area (Å²) in [5.41, 5.74) is 1.99. The van der Waals surface area contributed by atoms with Crippen LogP contribution in [0.5, 0.6) is 0 Å². The van der Waals surface area contributed by atoms with Crippen molar-refractivity contribution in [1.82, 2.24) is 9.97 Å². The largest absolute Gasteiger partial charge is 0.466 e. The molecule has 0 aliphatic rings. The highest BCUT2D eigenvalue weighted by Crippen LogP contribution is 2.16. The summed E-state index contributed by atoms with van der Waals surface area (Å²) >= 11 is 0. The van der Waals surface area contributed by atoms with E-state index in [2.05, 4.69) is 9.97 Å². The van der Waals surface area contributed by atoms with Gasteiger partial charge in [0.2, 0.25) is 0 Å². The predicted molar refractivity (Wildman–Crippen MR) is 61.0 cm³/mol. The molecule has 4 nitrogen and oxygen atoms in total. The molecule has 2 rings (SSSR count). The Balaban J connectivity index is 2.09. The SMILES string of the molecule is CCOC(=O)CCc1ccnc2[nH]ccc12. The van der Waals surface area contributed by atoms with Crippen molar-refractivity contribution in [2.75, 3.05) is 6.61 Å². The maximum atomic E-state index is 11.2. The zero-order chi connectivity index (χ0) is 11.4. The Morgan fingerprint density at radius 3 is 3.19 bits per heavy atom. The van der Waals surface area contributed by atoms with E-state index in [0.717, 1.165) is 16.6 Å². The minimum absolute atomic E-state index is 0.150. The number of ether oxygens (including phenoxy) is 1. The lowest BCUT2D eigenvalue weighted by Gasteiger charge is -2.03. The van der Waals surface area contributed by atoms with E-state index in [1.165, 1.54) is 0 Å². The number of nitrogens with zero attached hydrogens (tertiary/aromatic N) is 1. The fourth-order valence-electron chi connectivity index (χ4n) is 1.71. The van der Waals surface area contributed by atoms with E-state index in [1.807, 2.05) is 25.3 Å². The number of aromatic amines is 1. The minimum Gasteiger partial charge on any atom is -0.466 e. The number of pyridine rings is 1. The van der Waals surface area contributed by atoms with Crippen LogP contribution in [0, 0.1) is 0 Å². The Labute approximate surface area is 93.6 Å². The first-order chi connectivity index (χ1) is 7.81. The summed E-state index contributed by atoms with van der Waals surface area (Å²) in [5, 5.41) is 1.08. The van der Waals surface area contributed by atoms with Gasteiger partial charge in [-0.25, -0.2) is 4.98 Å². The van der Waals surface area contributed by atoms with Crippen LogP contribution in [0.3, 0.4) is 0 Å². The molecule has 0 atom stereocenters. The van der Waals surface area contributed by atoms with E-state index < -0.39 is 0 Å². The quantitative estimate of drug-likeness (QED) is 0.799. The number of aromatic nitrogens is 2. The Morgan fingerprint density at radius 2 is 2.38 bits per heavy atom. The molecule has 0 fully saturated rings. The molecule has 2 aromatic heterocycles. The van der Waals surface area contributed by atoms with Gasteiger partial charge in [0, 0.05) is 24.2 Å². The van der Waals surface area contributed by atoms with Gasteiger partial charge in [-0.15, -0.1) is 0 Å². The number of fused-ring (bicyclic) bond motifs is 1. The van der Waals surface area contributed by atoms with E-state index in [0.29, 0.717) is 19.4 Å². The van der Waals surface area contributed by atoms with Crippen LogP contribution in [0.1, 0.15) is 18.9 Å². The predicted octanol–water partition coefficient (Wildman–Crippen LogP) is 2.06. The summed E-state index contributed by atoms with van der Waals surface area (Å²) in [4.78, 5) is 18.5. The number of nitrogens with one attached hydrogen (secondary N) is 1. The van der Waals surface area contributed by atoms with E-state index in [1.54, 1.807) is 6.20 Å². The average molecular weight is 218 g/mol. The molecular weight excluding hydrogens is 204 g/mol. The molecule has 0 saturated carbocycles. The molecular formula is C12H14N2O2. The van der Waals surface area contributed by atoms with Crippen LogP contribution in [0.4, 0.5) is 0 Å². The standard InChI is InChI=1S/C12H14N2O2/c1-2-16-11(15)4-3-9-5-7-13-12-10(9)6-8-14-12/h5-8H,2-4H2,1H3,(H,13,14). The molecule has 2 heterocycles. The van der Waals surface area contributed by atoms with Gasteiger partial charge in [-0.3, -0.25) is 4.79 Å². The number of aryl methyl sites for hydroxylation is 1. The lowest BCUT2D eigenvalue weighted by molar-refractivity contribution is -0.143. The second kappa shape index (κ2) is 4.79. The molecule has 0 spiro atoms. The first-order valence-electron chi connectivity index (χ1n) is 5.38. The first-order valence-corrected chi connectivity index (χ1v) is 5.38. The minimum atomic E-state index is -0.150. The first kappa shape index (κ1) is 10.7. The van der Waals surface area contributed by atoms with Gasteiger partial charge in [0.05, 0.1) is 6.61 Å². The van der Waals surface area contributed by atoms with Crippen molar-refractivity contribution in [1.29, 1.82) is 0 Å². The maximum absolute atomic E-state index is 11.2. The van der Waals surface area contributed by atoms with Gasteiger partial charge in [-0.05, 0) is 31.0 Å². The lowest BCUT2D eigenvalue weighted by atomic mass is 10.1. The Hall–Kier alpha value is -1.84. The van der Waals surface area contributed by atoms with Crippen molar-refractivity contribution in [3.63, 3.8) is 0 Å². The molecule has 1 N–H and O–H groups in total. The van der Waals surface area contributed by atoms with Crippen molar-refractivity contribution in [2.45, 2.75) is 19.8 Å². The number of H-pyrrole nitrogens is 1. The third kappa shape index (κ3) is 2.21. The lowest BCUT2D eigenvalue weighted by Crippen LogP contribution is -2.05. The normalized spacial score (nSPS) is 10.6. The molecule has 0 aromatic carbocycles. The highest BCUT2D eigenvalue weighted by Gasteiger charge is 2.06. The topological polar surface area (TPSA) is 55.0 Å². The molecule has 0 bridgehead atoms. The average Bonchev–Trinajstić information content (AvgIpc) is 2.75. The van der Waals surface area contributed by atoms with Crippen LogP contribution < -0.4 is 0 Å². The zero-order valence-corrected chi connectivity index (χ0v) is 9.19. The molecule has 16 heavy (non-hydrogen) atoms. The van der Waals surface area contributed by atoms with Crippen molar-refractivity contribution in [3.05, 3.63) is 30.1 Å². The van der Waals surface area contributed by atoms with Gasteiger partial charge >= 0.3 is 5.97 Å². The number of carbonyl (C=O) groups excluding carboxylic acids is 1. The van der Waals surface area contributed by atoms with Gasteiger partial charge in [0.1, 0.15) is 5.65 Å². The molecule has 2 aromatic rings. The summed E-state index contributed by atoms with van der Waals surface area (Å²) in [6.45, 7) is 2.25. The van der Waals surface area contributed by atoms with Crippen LogP contribution in [-0.2, 0) is 16.0 Å². The van der Waals surface area contributed by atoms with Crippen LogP contribution >= 0.6 is 0 Å². The van der Waals surface area contributed by atoms with Gasteiger partial charge in [-0.1, -0.05) is 0 Å². The van der Waals surface area contributed by atoms with Crippen LogP contribution in [0.2, 0.25) is 0 Å². The molecule has 84 valence electrons. The number of esters is 1. The van der Waals surface area contributed by atoms with E-state index in [9.17, 15) is 4.79 Å². The molecule has 0 aliphatic heterocycles. The van der Waals surface area contributed by atoms with Gasteiger partial charge in [-0.2, -0.15) is 0 Å². The summed E-state index contributed by atoms with van der Waals surface area (Å²) in [6.07, 6.45) is 4.71. The summed E-state index contributed by atoms with van der Waals surface area (Å²) in [7, 11) is 0. The number of hydrogen-bond donors (Lipinski definition) is 1. The molecule has 0 saturated heterocycles. The highest BCUT2D eigenvalue weighted by atomic mass is 16.5. The van der Waals surface area contributed by atoms with Crippen molar-refractivity contribution in [3.8, 4) is 0 Å². The van der Waals surface area contributed by atoms with Crippen molar-refractivity contribution >= 4 is 17.0 Å². The Morgan fingerprint density at radius 1 is 1.50 bits per heavy atom. The van der Waals surface area contributed by atoms with Crippen LogP contribution in [-0.4, -0.2) is 22.5 Å². The fourth-order valence-corrected chi connectivity index (χ4v) is 1.71. The zero-order valence-electron chi connectivity index (χ0n) is 9.19. The number of rotatable bonds is 4. The second-order valence-electron chi connectivity index (χ2n) is 3.52. The highest BCUT2D eigenvalue weighted by molar-refractivity contribution is 5.80. The smallest absolute Gasteiger partial charge is 0.306 e. The third-order valence-corrected chi connectivity index (χ3v) is 2.45. The van der Waals surface area contributed by atoms with Gasteiger partial charge in [0.25, 0.3) is 0 Å². The Bertz CT molecular complexity index is 490. The van der Waals surface area contributed by atoms with Crippen LogP contribution in [0.25, 0.3) is 11.0 Å². The third-order valence-electron chi connectivity index (χ3n) is 2.45.